The number of fused-ring (bicyclic) bond motifs is 1. The van der Waals surface area contributed by atoms with E-state index in [0.29, 0.717) is 24.9 Å². The fourth-order valence-corrected chi connectivity index (χ4v) is 3.90. The summed E-state index contributed by atoms with van der Waals surface area (Å²) in [4.78, 5) is 18.7. The highest BCUT2D eigenvalue weighted by molar-refractivity contribution is 7.89. The quantitative estimate of drug-likeness (QED) is 0.876. The van der Waals surface area contributed by atoms with Gasteiger partial charge in [-0.1, -0.05) is 0 Å². The summed E-state index contributed by atoms with van der Waals surface area (Å²) in [6.07, 6.45) is 1.14. The Balaban J connectivity index is 1.89. The summed E-state index contributed by atoms with van der Waals surface area (Å²) in [5.74, 6) is 0.705. The fraction of sp³-hybridized carbons (Fsp3) is 0.467. The smallest absolute Gasteiger partial charge is 0.253 e. The number of primary sulfonamides is 1. The first-order valence-electron chi connectivity index (χ1n) is 7.51. The van der Waals surface area contributed by atoms with Gasteiger partial charge in [-0.25, -0.2) is 18.5 Å². The van der Waals surface area contributed by atoms with Crippen molar-refractivity contribution in [2.75, 3.05) is 13.1 Å². The van der Waals surface area contributed by atoms with Crippen LogP contribution in [-0.4, -0.2) is 47.1 Å². The third-order valence-corrected chi connectivity index (χ3v) is 5.80. The topological polar surface area (TPSA) is 98.3 Å². The van der Waals surface area contributed by atoms with Crippen molar-refractivity contribution in [1.29, 1.82) is 0 Å². The second kappa shape index (κ2) is 5.61. The Bertz CT molecular complexity index is 872. The van der Waals surface area contributed by atoms with E-state index < -0.39 is 15.3 Å². The zero-order chi connectivity index (χ0) is 16.8. The summed E-state index contributed by atoms with van der Waals surface area (Å²) < 4.78 is 25.0. The van der Waals surface area contributed by atoms with Crippen LogP contribution in [0.4, 0.5) is 0 Å². The summed E-state index contributed by atoms with van der Waals surface area (Å²) in [6, 6.07) is 5.35. The highest BCUT2D eigenvalue weighted by atomic mass is 32.2. The molecular formula is C15H20N4O3S. The van der Waals surface area contributed by atoms with Gasteiger partial charge in [-0.2, -0.15) is 0 Å². The third kappa shape index (κ3) is 2.96. The predicted molar refractivity (Wildman–Crippen MR) is 87.5 cm³/mol. The molecule has 1 amide bonds. The molecule has 7 nitrogen and oxygen atoms in total. The maximum absolute atomic E-state index is 12.7. The van der Waals surface area contributed by atoms with Gasteiger partial charge in [-0.15, -0.1) is 0 Å². The summed E-state index contributed by atoms with van der Waals surface area (Å²) in [5.41, 5.74) is 2.26. The lowest BCUT2D eigenvalue weighted by Gasteiger charge is -2.31. The number of nitrogens with two attached hydrogens (primary N) is 1. The molecule has 1 unspecified atom stereocenters. The number of piperidine rings is 1. The van der Waals surface area contributed by atoms with Crippen LogP contribution in [0.15, 0.2) is 18.2 Å². The molecule has 0 bridgehead atoms. The molecular weight excluding hydrogens is 316 g/mol. The van der Waals surface area contributed by atoms with E-state index >= 15 is 0 Å². The van der Waals surface area contributed by atoms with Crippen LogP contribution < -0.4 is 5.14 Å². The van der Waals surface area contributed by atoms with E-state index in [1.165, 1.54) is 0 Å². The van der Waals surface area contributed by atoms with Gasteiger partial charge in [0.1, 0.15) is 5.82 Å². The molecule has 2 aromatic rings. The largest absolute Gasteiger partial charge is 0.337 e. The number of rotatable bonds is 2. The van der Waals surface area contributed by atoms with E-state index in [1.54, 1.807) is 17.0 Å². The van der Waals surface area contributed by atoms with Crippen molar-refractivity contribution in [3.63, 3.8) is 0 Å². The van der Waals surface area contributed by atoms with Crippen molar-refractivity contribution in [1.82, 2.24) is 14.5 Å². The van der Waals surface area contributed by atoms with Crippen molar-refractivity contribution >= 4 is 27.0 Å². The molecule has 8 heteroatoms. The number of amides is 1. The van der Waals surface area contributed by atoms with E-state index in [2.05, 4.69) is 4.98 Å². The van der Waals surface area contributed by atoms with Crippen LogP contribution >= 0.6 is 0 Å². The first kappa shape index (κ1) is 15.9. The number of benzene rings is 1. The average Bonchev–Trinajstić information content (AvgIpc) is 2.80. The molecule has 1 aromatic heterocycles. The van der Waals surface area contributed by atoms with Gasteiger partial charge in [0.05, 0.1) is 16.3 Å². The highest BCUT2D eigenvalue weighted by Gasteiger charge is 2.31. The van der Waals surface area contributed by atoms with Crippen molar-refractivity contribution in [2.24, 2.45) is 12.2 Å². The molecule has 0 radical (unpaired) electrons. The molecule has 1 aliphatic rings. The van der Waals surface area contributed by atoms with E-state index in [4.69, 9.17) is 5.14 Å². The summed E-state index contributed by atoms with van der Waals surface area (Å²) >= 11 is 0. The number of likely N-dealkylation sites (tertiary alicyclic amines) is 1. The number of hydrogen-bond donors (Lipinski definition) is 1. The molecule has 3 rings (SSSR count). The fourth-order valence-electron chi connectivity index (χ4n) is 3.02. The van der Waals surface area contributed by atoms with E-state index in [1.807, 2.05) is 24.6 Å². The minimum absolute atomic E-state index is 0.153. The van der Waals surface area contributed by atoms with Crippen molar-refractivity contribution in [2.45, 2.75) is 25.0 Å². The molecule has 23 heavy (non-hydrogen) atoms. The Labute approximate surface area is 135 Å². The molecule has 1 aliphatic heterocycles. The number of carbonyl (C=O) groups is 1. The maximum atomic E-state index is 12.7. The zero-order valence-corrected chi connectivity index (χ0v) is 14.0. The van der Waals surface area contributed by atoms with Gasteiger partial charge in [0, 0.05) is 25.7 Å². The molecule has 1 saturated heterocycles. The summed E-state index contributed by atoms with van der Waals surface area (Å²) in [6.45, 7) is 2.61. The minimum atomic E-state index is -3.62. The molecule has 0 spiro atoms. The SMILES string of the molecule is Cc1nc2ccc(C(=O)N3CCCC(S(N)(=O)=O)C3)cc2n1C. The van der Waals surface area contributed by atoms with Gasteiger partial charge >= 0.3 is 0 Å². The van der Waals surface area contributed by atoms with Gasteiger partial charge in [0.15, 0.2) is 0 Å². The zero-order valence-electron chi connectivity index (χ0n) is 13.2. The third-order valence-electron chi connectivity index (χ3n) is 4.48. The number of sulfonamides is 1. The van der Waals surface area contributed by atoms with E-state index in [-0.39, 0.29) is 12.5 Å². The van der Waals surface area contributed by atoms with E-state index in [9.17, 15) is 13.2 Å². The Morgan fingerprint density at radius 2 is 2.13 bits per heavy atom. The number of carbonyl (C=O) groups excluding carboxylic acids is 1. The number of hydrogen-bond acceptors (Lipinski definition) is 4. The Morgan fingerprint density at radius 1 is 1.39 bits per heavy atom. The predicted octanol–water partition coefficient (Wildman–Crippen LogP) is 0.775. The van der Waals surface area contributed by atoms with Crippen molar-refractivity contribution in [3.8, 4) is 0 Å². The Hall–Kier alpha value is -1.93. The molecule has 1 atom stereocenters. The Kier molecular flexibility index (Phi) is 3.89. The van der Waals surface area contributed by atoms with Crippen LogP contribution in [0, 0.1) is 6.92 Å². The Morgan fingerprint density at radius 3 is 2.83 bits per heavy atom. The van der Waals surface area contributed by atoms with E-state index in [0.717, 1.165) is 16.9 Å². The molecule has 1 aromatic carbocycles. The summed E-state index contributed by atoms with van der Waals surface area (Å²) in [7, 11) is -1.72. The van der Waals surface area contributed by atoms with Crippen LogP contribution in [0.25, 0.3) is 11.0 Å². The number of nitrogens with zero attached hydrogens (tertiary/aromatic N) is 3. The molecule has 1 fully saturated rings. The summed E-state index contributed by atoms with van der Waals surface area (Å²) in [5, 5.41) is 4.55. The van der Waals surface area contributed by atoms with Gasteiger partial charge in [-0.3, -0.25) is 4.79 Å². The number of aromatic nitrogens is 2. The highest BCUT2D eigenvalue weighted by Crippen LogP contribution is 2.21. The van der Waals surface area contributed by atoms with Gasteiger partial charge in [-0.05, 0) is 38.0 Å². The lowest BCUT2D eigenvalue weighted by atomic mass is 10.1. The van der Waals surface area contributed by atoms with Crippen LogP contribution in [0.3, 0.4) is 0 Å². The second-order valence-electron chi connectivity index (χ2n) is 6.03. The van der Waals surface area contributed by atoms with Crippen LogP contribution in [-0.2, 0) is 17.1 Å². The first-order chi connectivity index (χ1) is 10.8. The van der Waals surface area contributed by atoms with Crippen LogP contribution in [0.2, 0.25) is 0 Å². The molecule has 2 heterocycles. The van der Waals surface area contributed by atoms with Crippen LogP contribution in [0.5, 0.6) is 0 Å². The normalized spacial score (nSPS) is 19.3. The number of aryl methyl sites for hydroxylation is 2. The van der Waals surface area contributed by atoms with Gasteiger partial charge in [0.25, 0.3) is 5.91 Å². The molecule has 0 saturated carbocycles. The maximum Gasteiger partial charge on any atom is 0.253 e. The lowest BCUT2D eigenvalue weighted by molar-refractivity contribution is 0.0727. The van der Waals surface area contributed by atoms with Crippen molar-refractivity contribution in [3.05, 3.63) is 29.6 Å². The lowest BCUT2D eigenvalue weighted by Crippen LogP contribution is -2.47. The minimum Gasteiger partial charge on any atom is -0.337 e. The standard InChI is InChI=1S/C15H20N4O3S/c1-10-17-13-6-5-11(8-14(13)18(10)2)15(20)19-7-3-4-12(9-19)23(16,21)22/h5-6,8,12H,3-4,7,9H2,1-2H3,(H2,16,21,22). The van der Waals surface area contributed by atoms with Crippen molar-refractivity contribution < 1.29 is 13.2 Å². The molecule has 124 valence electrons. The number of imidazole rings is 1. The molecule has 0 aliphatic carbocycles. The first-order valence-corrected chi connectivity index (χ1v) is 9.12. The van der Waals surface area contributed by atoms with Gasteiger partial charge < -0.3 is 9.47 Å². The monoisotopic (exact) mass is 336 g/mol. The average molecular weight is 336 g/mol. The molecule has 2 N–H and O–H groups in total. The second-order valence-corrected chi connectivity index (χ2v) is 7.87. The van der Waals surface area contributed by atoms with Crippen LogP contribution in [0.1, 0.15) is 29.0 Å². The van der Waals surface area contributed by atoms with Gasteiger partial charge in [0.2, 0.25) is 10.0 Å².